The number of aromatic nitrogens is 1. The van der Waals surface area contributed by atoms with Gasteiger partial charge in [0.2, 0.25) is 0 Å². The van der Waals surface area contributed by atoms with Crippen molar-refractivity contribution in [3.63, 3.8) is 0 Å². The number of nitriles is 1. The maximum absolute atomic E-state index is 14.6. The van der Waals surface area contributed by atoms with Crippen LogP contribution in [0.15, 0.2) is 81.5 Å². The largest absolute Gasteiger partial charge is 0.587 e. The van der Waals surface area contributed by atoms with E-state index in [1.54, 1.807) is 10.0 Å². The first-order valence-corrected chi connectivity index (χ1v) is 13.9. The van der Waals surface area contributed by atoms with E-state index in [1.807, 2.05) is 47.8 Å². The summed E-state index contributed by atoms with van der Waals surface area (Å²) < 4.78 is 31.5. The second-order valence-electron chi connectivity index (χ2n) is 8.50. The first-order valence-electron chi connectivity index (χ1n) is 11.2. The van der Waals surface area contributed by atoms with Gasteiger partial charge >= 0.3 is 0 Å². The molecule has 0 saturated heterocycles. The molecule has 35 heavy (non-hydrogen) atoms. The zero-order valence-electron chi connectivity index (χ0n) is 18.4. The van der Waals surface area contributed by atoms with Gasteiger partial charge in [0.15, 0.2) is 4.90 Å². The fraction of sp³-hybridized carbons (Fsp3) is 0.107. The van der Waals surface area contributed by atoms with Crippen LogP contribution >= 0.6 is 27.3 Å². The summed E-state index contributed by atoms with van der Waals surface area (Å²) in [5.41, 5.74) is 6.17. The molecule has 0 N–H and O–H groups in total. The molecule has 1 aliphatic carbocycles. The topological polar surface area (TPSA) is 51.8 Å². The molecule has 0 bridgehead atoms. The van der Waals surface area contributed by atoms with Crippen LogP contribution in [-0.4, -0.2) is 8.53 Å². The predicted octanol–water partition coefficient (Wildman–Crippen LogP) is 7.87. The van der Waals surface area contributed by atoms with E-state index in [9.17, 15) is 14.2 Å². The lowest BCUT2D eigenvalue weighted by Gasteiger charge is -2.17. The summed E-state index contributed by atoms with van der Waals surface area (Å²) in [5, 5.41) is 12.3. The minimum Gasteiger partial charge on any atom is -0.587 e. The average Bonchev–Trinajstić information content (AvgIpc) is 3.59. The highest BCUT2D eigenvalue weighted by atomic mass is 79.9. The van der Waals surface area contributed by atoms with Gasteiger partial charge < -0.3 is 4.55 Å². The normalized spacial score (nSPS) is 13.7. The Morgan fingerprint density at radius 3 is 2.71 bits per heavy atom. The molecule has 1 unspecified atom stereocenters. The van der Waals surface area contributed by atoms with Crippen molar-refractivity contribution < 1.29 is 8.94 Å². The maximum Gasteiger partial charge on any atom is 0.180 e. The Balaban J connectivity index is 1.71. The number of fused-ring (bicyclic) bond motifs is 2. The molecule has 3 aromatic carbocycles. The van der Waals surface area contributed by atoms with E-state index in [1.165, 1.54) is 34.6 Å². The molecule has 6 rings (SSSR count). The molecule has 172 valence electrons. The fourth-order valence-electron chi connectivity index (χ4n) is 4.93. The van der Waals surface area contributed by atoms with E-state index in [0.29, 0.717) is 37.5 Å². The Hall–Kier alpha value is -2.89. The molecule has 0 saturated carbocycles. The molecule has 3 nitrogen and oxygen atoms in total. The van der Waals surface area contributed by atoms with Crippen LogP contribution in [0.5, 0.6) is 0 Å². The molecule has 7 heteroatoms. The van der Waals surface area contributed by atoms with Crippen molar-refractivity contribution in [3.8, 4) is 28.5 Å². The Bertz CT molecular complexity index is 1650. The summed E-state index contributed by atoms with van der Waals surface area (Å²) >= 11 is 3.31. The predicted molar refractivity (Wildman–Crippen MR) is 143 cm³/mol. The molecule has 0 amide bonds. The first kappa shape index (κ1) is 22.6. The Labute approximate surface area is 217 Å². The van der Waals surface area contributed by atoms with E-state index < -0.39 is 11.4 Å². The van der Waals surface area contributed by atoms with Crippen molar-refractivity contribution in [1.82, 2.24) is 3.97 Å². The molecule has 0 radical (unpaired) electrons. The number of halogens is 2. The number of aryl methyl sites for hydroxylation is 2. The molecule has 0 aliphatic heterocycles. The van der Waals surface area contributed by atoms with Crippen molar-refractivity contribution >= 4 is 49.5 Å². The molecular weight excluding hydrogens is 543 g/mol. The highest BCUT2D eigenvalue weighted by Crippen LogP contribution is 2.45. The van der Waals surface area contributed by atoms with E-state index in [4.69, 9.17) is 0 Å². The van der Waals surface area contributed by atoms with Crippen LogP contribution in [0.2, 0.25) is 0 Å². The Morgan fingerprint density at radius 2 is 1.89 bits per heavy atom. The third kappa shape index (κ3) is 3.82. The lowest BCUT2D eigenvalue weighted by molar-refractivity contribution is 0.588. The van der Waals surface area contributed by atoms with E-state index >= 15 is 0 Å². The summed E-state index contributed by atoms with van der Waals surface area (Å²) in [4.78, 5) is 1.24. The highest BCUT2D eigenvalue weighted by Gasteiger charge is 2.30. The van der Waals surface area contributed by atoms with Gasteiger partial charge in [0.25, 0.3) is 0 Å². The quantitative estimate of drug-likeness (QED) is 0.210. The second kappa shape index (κ2) is 8.96. The van der Waals surface area contributed by atoms with Gasteiger partial charge in [-0.2, -0.15) is 9.23 Å². The summed E-state index contributed by atoms with van der Waals surface area (Å²) in [7, 11) is 0. The molecule has 1 atom stereocenters. The molecular formula is C28H18BrFN2OS2. The van der Waals surface area contributed by atoms with Crippen LogP contribution in [0.25, 0.3) is 33.3 Å². The Kier molecular flexibility index (Phi) is 5.78. The van der Waals surface area contributed by atoms with Gasteiger partial charge in [0.1, 0.15) is 33.8 Å². The van der Waals surface area contributed by atoms with Gasteiger partial charge in [-0.05, 0) is 84.3 Å². The number of hydrogen-bond acceptors (Lipinski definition) is 3. The number of benzene rings is 3. The van der Waals surface area contributed by atoms with Crippen molar-refractivity contribution in [2.24, 2.45) is 0 Å². The zero-order chi connectivity index (χ0) is 24.1. The summed E-state index contributed by atoms with van der Waals surface area (Å²) in [6.45, 7) is 0. The van der Waals surface area contributed by atoms with Crippen LogP contribution in [0, 0.1) is 17.1 Å². The molecule has 5 aromatic rings. The molecule has 2 heterocycles. The number of thiophene rings is 1. The second-order valence-corrected chi connectivity index (χ2v) is 11.7. The number of rotatable bonds is 4. The maximum atomic E-state index is 14.6. The fourth-order valence-corrected chi connectivity index (χ4v) is 7.36. The van der Waals surface area contributed by atoms with Gasteiger partial charge in [-0.15, -0.1) is 11.3 Å². The van der Waals surface area contributed by atoms with Crippen LogP contribution in [0.4, 0.5) is 4.39 Å². The summed E-state index contributed by atoms with van der Waals surface area (Å²) in [6.07, 6.45) is 3.15. The van der Waals surface area contributed by atoms with Crippen LogP contribution in [0.3, 0.4) is 0 Å². The van der Waals surface area contributed by atoms with Gasteiger partial charge in [-0.3, -0.25) is 0 Å². The van der Waals surface area contributed by atoms with Crippen molar-refractivity contribution in [2.45, 2.75) is 24.2 Å². The summed E-state index contributed by atoms with van der Waals surface area (Å²) in [5.74, 6) is -0.381. The smallest absolute Gasteiger partial charge is 0.180 e. The lowest BCUT2D eigenvalue weighted by Crippen LogP contribution is -2.15. The minimum atomic E-state index is -1.59. The van der Waals surface area contributed by atoms with Gasteiger partial charge in [0.05, 0.1) is 5.52 Å². The summed E-state index contributed by atoms with van der Waals surface area (Å²) in [6, 6.07) is 22.5. The molecule has 1 aliphatic rings. The molecule has 0 fully saturated rings. The molecule has 2 aromatic heterocycles. The zero-order valence-corrected chi connectivity index (χ0v) is 21.6. The lowest BCUT2D eigenvalue weighted by atomic mass is 9.99. The van der Waals surface area contributed by atoms with Crippen LogP contribution in [-0.2, 0) is 24.2 Å². The first-order chi connectivity index (χ1) is 17.0. The van der Waals surface area contributed by atoms with E-state index in [0.717, 1.165) is 29.3 Å². The Morgan fingerprint density at radius 1 is 1.03 bits per heavy atom. The number of hydrogen-bond donors (Lipinski definition) is 0. The van der Waals surface area contributed by atoms with Gasteiger partial charge in [0, 0.05) is 26.5 Å². The highest BCUT2D eigenvalue weighted by molar-refractivity contribution is 9.10. The van der Waals surface area contributed by atoms with Crippen LogP contribution < -0.4 is 0 Å². The average molecular weight is 562 g/mol. The van der Waals surface area contributed by atoms with Crippen LogP contribution in [0.1, 0.15) is 22.4 Å². The third-order valence-corrected chi connectivity index (χ3v) is 9.14. The van der Waals surface area contributed by atoms with Crippen molar-refractivity contribution in [1.29, 1.82) is 5.26 Å². The standard InChI is InChI=1S/C28H18BrFN2OS2/c29-20-6-2-5-19(13-20)28-27(23-11-12-34-26(23)16-31)24-15-21(30)8-10-25(24)32(28)35(33)22-9-7-17-3-1-4-18(17)14-22/h2,5-15H,1,3-4H2. The third-order valence-electron chi connectivity index (χ3n) is 6.46. The monoisotopic (exact) mass is 560 g/mol. The minimum absolute atomic E-state index is 0.381. The van der Waals surface area contributed by atoms with E-state index in [-0.39, 0.29) is 5.82 Å². The molecule has 0 spiro atoms. The van der Waals surface area contributed by atoms with Crippen molar-refractivity contribution in [2.75, 3.05) is 0 Å². The van der Waals surface area contributed by atoms with Crippen molar-refractivity contribution in [3.05, 3.63) is 98.4 Å². The van der Waals surface area contributed by atoms with E-state index in [2.05, 4.69) is 28.1 Å². The SMILES string of the molecule is N#Cc1sccc1-c1c(-c2cccc(Br)c2)n([S+]([O-])c2ccc3c(c2)CCC3)c2ccc(F)cc12. The number of nitrogens with zero attached hydrogens (tertiary/aromatic N) is 2. The van der Waals surface area contributed by atoms with Gasteiger partial charge in [-0.25, -0.2) is 4.39 Å². The van der Waals surface area contributed by atoms with Gasteiger partial charge in [-0.1, -0.05) is 34.1 Å².